The lowest BCUT2D eigenvalue weighted by molar-refractivity contribution is 0.872. The predicted molar refractivity (Wildman–Crippen MR) is 61.7 cm³/mol. The van der Waals surface area contributed by atoms with Gasteiger partial charge >= 0.3 is 0 Å². The Balaban J connectivity index is 2.80. The molecule has 0 aliphatic heterocycles. The van der Waals surface area contributed by atoms with Gasteiger partial charge < -0.3 is 0 Å². The molecule has 0 N–H and O–H groups in total. The zero-order valence-corrected chi connectivity index (χ0v) is 9.86. The molecule has 0 saturated carbocycles. The van der Waals surface area contributed by atoms with Gasteiger partial charge in [-0.15, -0.1) is 11.3 Å². The van der Waals surface area contributed by atoms with E-state index in [4.69, 9.17) is 0 Å². The van der Waals surface area contributed by atoms with Crippen LogP contribution in [-0.4, -0.2) is 0 Å². The van der Waals surface area contributed by atoms with Crippen LogP contribution in [0.4, 0.5) is 0 Å². The largest absolute Gasteiger partial charge is 0.144 e. The van der Waals surface area contributed by atoms with Gasteiger partial charge in [-0.05, 0) is 29.3 Å². The van der Waals surface area contributed by atoms with Crippen LogP contribution < -0.4 is 4.62 Å². The molecule has 0 radical (unpaired) electrons. The zero-order chi connectivity index (χ0) is 8.97. The standard InChI is InChI=1S/C10H17PS/c1-3-5-8-7-12-10(11)9(8)6-4-2/h7H,3-6,11H2,1-2H3. The van der Waals surface area contributed by atoms with E-state index in [-0.39, 0.29) is 0 Å². The first-order valence-electron chi connectivity index (χ1n) is 4.64. The van der Waals surface area contributed by atoms with Gasteiger partial charge in [0.15, 0.2) is 0 Å². The van der Waals surface area contributed by atoms with E-state index in [9.17, 15) is 0 Å². The van der Waals surface area contributed by atoms with Crippen LogP contribution in [0.2, 0.25) is 0 Å². The first-order chi connectivity index (χ1) is 5.79. The molecule has 0 bridgehead atoms. The maximum absolute atomic E-state index is 2.85. The van der Waals surface area contributed by atoms with Crippen molar-refractivity contribution in [2.45, 2.75) is 39.5 Å². The highest BCUT2D eigenvalue weighted by atomic mass is 32.1. The van der Waals surface area contributed by atoms with Gasteiger partial charge in [0, 0.05) is 4.62 Å². The second-order valence-corrected chi connectivity index (χ2v) is 5.01. The average molecular weight is 200 g/mol. The molecule has 0 fully saturated rings. The SMILES string of the molecule is CCCc1csc(P)c1CCC. The highest BCUT2D eigenvalue weighted by Crippen LogP contribution is 2.18. The summed E-state index contributed by atoms with van der Waals surface area (Å²) in [5.74, 6) is 0. The number of thiophene rings is 1. The molecule has 0 nitrogen and oxygen atoms in total. The fourth-order valence-corrected chi connectivity index (χ4v) is 2.89. The average Bonchev–Trinajstić information content (AvgIpc) is 2.37. The van der Waals surface area contributed by atoms with E-state index in [1.165, 1.54) is 30.3 Å². The van der Waals surface area contributed by atoms with Crippen molar-refractivity contribution in [1.82, 2.24) is 0 Å². The number of hydrogen-bond acceptors (Lipinski definition) is 1. The van der Waals surface area contributed by atoms with Crippen molar-refractivity contribution >= 4 is 25.2 Å². The van der Waals surface area contributed by atoms with Crippen molar-refractivity contribution in [1.29, 1.82) is 0 Å². The highest BCUT2D eigenvalue weighted by Gasteiger charge is 2.05. The van der Waals surface area contributed by atoms with Gasteiger partial charge in [-0.25, -0.2) is 0 Å². The van der Waals surface area contributed by atoms with Crippen LogP contribution in [0.5, 0.6) is 0 Å². The summed E-state index contributed by atoms with van der Waals surface area (Å²) in [7, 11) is 2.85. The summed E-state index contributed by atoms with van der Waals surface area (Å²) in [5.41, 5.74) is 3.17. The van der Waals surface area contributed by atoms with Crippen molar-refractivity contribution in [2.24, 2.45) is 0 Å². The Morgan fingerprint density at radius 3 is 2.50 bits per heavy atom. The second kappa shape index (κ2) is 4.99. The normalized spacial score (nSPS) is 10.6. The fourth-order valence-electron chi connectivity index (χ4n) is 1.45. The minimum Gasteiger partial charge on any atom is -0.144 e. The van der Waals surface area contributed by atoms with Crippen LogP contribution in [-0.2, 0) is 12.8 Å². The molecule has 0 aliphatic carbocycles. The molecule has 0 saturated heterocycles. The van der Waals surface area contributed by atoms with E-state index in [1.54, 1.807) is 11.1 Å². The van der Waals surface area contributed by atoms with Crippen LogP contribution >= 0.6 is 20.6 Å². The Hall–Kier alpha value is 0.130. The predicted octanol–water partition coefficient (Wildman–Crippen LogP) is 3.15. The third-order valence-corrected chi connectivity index (χ3v) is 3.69. The van der Waals surface area contributed by atoms with E-state index in [2.05, 4.69) is 28.5 Å². The molecule has 0 spiro atoms. The van der Waals surface area contributed by atoms with Crippen LogP contribution in [0, 0.1) is 0 Å². The minimum atomic E-state index is 1.25. The van der Waals surface area contributed by atoms with E-state index in [0.29, 0.717) is 0 Å². The van der Waals surface area contributed by atoms with Crippen molar-refractivity contribution in [3.05, 3.63) is 16.5 Å². The smallest absolute Gasteiger partial charge is 0.0251 e. The summed E-state index contributed by atoms with van der Waals surface area (Å²) in [6, 6.07) is 0. The maximum atomic E-state index is 2.85. The molecular formula is C10H17PS. The molecule has 0 amide bonds. The molecular weight excluding hydrogens is 183 g/mol. The van der Waals surface area contributed by atoms with Crippen LogP contribution in [0.25, 0.3) is 0 Å². The van der Waals surface area contributed by atoms with Gasteiger partial charge in [-0.2, -0.15) is 0 Å². The summed E-state index contributed by atoms with van der Waals surface area (Å²) >= 11 is 1.87. The van der Waals surface area contributed by atoms with Crippen molar-refractivity contribution in [3.8, 4) is 0 Å². The van der Waals surface area contributed by atoms with Gasteiger partial charge in [-0.3, -0.25) is 0 Å². The summed E-state index contributed by atoms with van der Waals surface area (Å²) in [6.45, 7) is 4.49. The molecule has 0 aromatic carbocycles. The van der Waals surface area contributed by atoms with Gasteiger partial charge in [0.05, 0.1) is 0 Å². The number of aryl methyl sites for hydroxylation is 1. The highest BCUT2D eigenvalue weighted by molar-refractivity contribution is 7.43. The molecule has 1 heterocycles. The third kappa shape index (κ3) is 2.31. The van der Waals surface area contributed by atoms with Crippen LogP contribution in [0.3, 0.4) is 0 Å². The van der Waals surface area contributed by atoms with Crippen molar-refractivity contribution < 1.29 is 0 Å². The first-order valence-corrected chi connectivity index (χ1v) is 6.10. The summed E-state index contributed by atoms with van der Waals surface area (Å²) < 4.78 is 1.44. The van der Waals surface area contributed by atoms with E-state index >= 15 is 0 Å². The lowest BCUT2D eigenvalue weighted by Gasteiger charge is -2.01. The molecule has 1 unspecified atom stereocenters. The lowest BCUT2D eigenvalue weighted by Crippen LogP contribution is -1.97. The monoisotopic (exact) mass is 200 g/mol. The van der Waals surface area contributed by atoms with Crippen molar-refractivity contribution in [2.75, 3.05) is 0 Å². The molecule has 0 aliphatic rings. The van der Waals surface area contributed by atoms with E-state index in [1.807, 2.05) is 11.3 Å². The van der Waals surface area contributed by atoms with Crippen LogP contribution in [0.15, 0.2) is 5.38 Å². The molecule has 1 aromatic rings. The Labute approximate surface area is 81.6 Å². The Bertz CT molecular complexity index is 240. The van der Waals surface area contributed by atoms with E-state index < -0.39 is 0 Å². The minimum absolute atomic E-state index is 1.25. The summed E-state index contributed by atoms with van der Waals surface area (Å²) in [4.78, 5) is 0. The van der Waals surface area contributed by atoms with Gasteiger partial charge in [0.1, 0.15) is 0 Å². The van der Waals surface area contributed by atoms with Gasteiger partial charge in [0.2, 0.25) is 0 Å². The number of rotatable bonds is 4. The third-order valence-electron chi connectivity index (χ3n) is 2.03. The van der Waals surface area contributed by atoms with Crippen LogP contribution in [0.1, 0.15) is 37.8 Å². The maximum Gasteiger partial charge on any atom is 0.0251 e. The summed E-state index contributed by atoms with van der Waals surface area (Å²) in [5, 5.41) is 2.32. The molecule has 68 valence electrons. The fraction of sp³-hybridized carbons (Fsp3) is 0.600. The van der Waals surface area contributed by atoms with E-state index in [0.717, 1.165) is 0 Å². The summed E-state index contributed by atoms with van der Waals surface area (Å²) in [6.07, 6.45) is 5.02. The first kappa shape index (κ1) is 10.2. The Morgan fingerprint density at radius 1 is 1.25 bits per heavy atom. The lowest BCUT2D eigenvalue weighted by atomic mass is 10.1. The Morgan fingerprint density at radius 2 is 1.92 bits per heavy atom. The second-order valence-electron chi connectivity index (χ2n) is 3.10. The van der Waals surface area contributed by atoms with Gasteiger partial charge in [0.25, 0.3) is 0 Å². The molecule has 2 heteroatoms. The Kier molecular flexibility index (Phi) is 4.25. The molecule has 1 rings (SSSR count). The number of hydrogen-bond donors (Lipinski definition) is 0. The molecule has 12 heavy (non-hydrogen) atoms. The molecule has 1 aromatic heterocycles. The van der Waals surface area contributed by atoms with Gasteiger partial charge in [-0.1, -0.05) is 35.9 Å². The quantitative estimate of drug-likeness (QED) is 0.655. The zero-order valence-electron chi connectivity index (χ0n) is 7.89. The topological polar surface area (TPSA) is 0 Å². The molecule has 1 atom stereocenters. The van der Waals surface area contributed by atoms with Crippen molar-refractivity contribution in [3.63, 3.8) is 0 Å².